The van der Waals surface area contributed by atoms with E-state index in [1.165, 1.54) is 10.4 Å². The first kappa shape index (κ1) is 11.6. The van der Waals surface area contributed by atoms with Crippen molar-refractivity contribution in [2.45, 2.75) is 19.5 Å². The minimum Gasteiger partial charge on any atom is -0.305 e. The van der Waals surface area contributed by atoms with E-state index in [4.69, 9.17) is 11.6 Å². The molecule has 0 amide bonds. The van der Waals surface area contributed by atoms with Gasteiger partial charge < -0.3 is 5.32 Å². The molecule has 0 spiro atoms. The van der Waals surface area contributed by atoms with E-state index in [9.17, 15) is 0 Å². The number of nitrogens with zero attached hydrogens (tertiary/aromatic N) is 1. The minimum atomic E-state index is 0.325. The van der Waals surface area contributed by atoms with Crippen LogP contribution in [0.3, 0.4) is 0 Å². The average Bonchev–Trinajstić information content (AvgIpc) is 2.74. The van der Waals surface area contributed by atoms with Crippen molar-refractivity contribution in [2.75, 3.05) is 0 Å². The summed E-state index contributed by atoms with van der Waals surface area (Å²) in [5.41, 5.74) is 1.24. The highest BCUT2D eigenvalue weighted by Gasteiger charge is 2.07. The Kier molecular flexibility index (Phi) is 3.93. The van der Waals surface area contributed by atoms with Crippen molar-refractivity contribution in [1.29, 1.82) is 0 Å². The predicted octanol–water partition coefficient (Wildman–Crippen LogP) is 3.65. The third-order valence-electron chi connectivity index (χ3n) is 2.38. The summed E-state index contributed by atoms with van der Waals surface area (Å²) in [7, 11) is 0. The molecule has 1 atom stereocenters. The third-order valence-corrected chi connectivity index (χ3v) is 3.80. The molecule has 4 heteroatoms. The molecule has 2 nitrogen and oxygen atoms in total. The van der Waals surface area contributed by atoms with Crippen LogP contribution in [0.25, 0.3) is 0 Å². The number of halogens is 1. The van der Waals surface area contributed by atoms with Crippen LogP contribution in [0.5, 0.6) is 0 Å². The summed E-state index contributed by atoms with van der Waals surface area (Å²) in [5, 5.41) is 3.45. The zero-order chi connectivity index (χ0) is 11.4. The van der Waals surface area contributed by atoms with E-state index in [2.05, 4.69) is 23.3 Å². The standard InChI is InChI=1S/C12H13ClN2S/c1-9(11-2-3-12(13)16-11)15-8-10-4-6-14-7-5-10/h2-7,9,15H,8H2,1H3. The number of pyridine rings is 1. The fourth-order valence-corrected chi connectivity index (χ4v) is 2.52. The quantitative estimate of drug-likeness (QED) is 0.899. The van der Waals surface area contributed by atoms with E-state index in [0.29, 0.717) is 6.04 Å². The van der Waals surface area contributed by atoms with Crippen LogP contribution in [0.1, 0.15) is 23.4 Å². The Morgan fingerprint density at radius 3 is 2.69 bits per heavy atom. The zero-order valence-corrected chi connectivity index (χ0v) is 10.6. The van der Waals surface area contributed by atoms with E-state index >= 15 is 0 Å². The van der Waals surface area contributed by atoms with Crippen molar-refractivity contribution in [3.8, 4) is 0 Å². The summed E-state index contributed by atoms with van der Waals surface area (Å²) >= 11 is 7.53. The molecular weight excluding hydrogens is 240 g/mol. The van der Waals surface area contributed by atoms with E-state index in [1.54, 1.807) is 11.3 Å². The molecule has 0 aromatic carbocycles. The van der Waals surface area contributed by atoms with Crippen LogP contribution in [-0.4, -0.2) is 4.98 Å². The highest BCUT2D eigenvalue weighted by molar-refractivity contribution is 7.16. The molecular formula is C12H13ClN2S. The van der Waals surface area contributed by atoms with Crippen LogP contribution in [-0.2, 0) is 6.54 Å². The fourth-order valence-electron chi connectivity index (χ4n) is 1.43. The van der Waals surface area contributed by atoms with E-state index in [-0.39, 0.29) is 0 Å². The lowest BCUT2D eigenvalue weighted by Crippen LogP contribution is -2.17. The van der Waals surface area contributed by atoms with E-state index in [0.717, 1.165) is 10.9 Å². The highest BCUT2D eigenvalue weighted by Crippen LogP contribution is 2.26. The van der Waals surface area contributed by atoms with Crippen LogP contribution < -0.4 is 5.32 Å². The number of thiophene rings is 1. The second-order valence-electron chi connectivity index (χ2n) is 3.60. The first-order valence-electron chi connectivity index (χ1n) is 5.13. The summed E-state index contributed by atoms with van der Waals surface area (Å²) in [4.78, 5) is 5.25. The summed E-state index contributed by atoms with van der Waals surface area (Å²) in [6.45, 7) is 2.99. The van der Waals surface area contributed by atoms with Gasteiger partial charge in [0.15, 0.2) is 0 Å². The van der Waals surface area contributed by atoms with Crippen molar-refractivity contribution in [3.63, 3.8) is 0 Å². The Morgan fingerprint density at radius 2 is 2.06 bits per heavy atom. The maximum absolute atomic E-state index is 5.90. The molecule has 0 saturated carbocycles. The SMILES string of the molecule is CC(NCc1ccncc1)c1ccc(Cl)s1. The second kappa shape index (κ2) is 5.43. The third kappa shape index (κ3) is 3.04. The molecule has 84 valence electrons. The van der Waals surface area contributed by atoms with Gasteiger partial charge in [0.2, 0.25) is 0 Å². The molecule has 0 bridgehead atoms. The van der Waals surface area contributed by atoms with Gasteiger partial charge in [0, 0.05) is 29.9 Å². The van der Waals surface area contributed by atoms with Gasteiger partial charge in [-0.2, -0.15) is 0 Å². The topological polar surface area (TPSA) is 24.9 Å². The van der Waals surface area contributed by atoms with Crippen molar-refractivity contribution < 1.29 is 0 Å². The van der Waals surface area contributed by atoms with Gasteiger partial charge in [0.1, 0.15) is 0 Å². The number of rotatable bonds is 4. The zero-order valence-electron chi connectivity index (χ0n) is 8.98. The molecule has 0 aliphatic carbocycles. The van der Waals surface area contributed by atoms with Crippen LogP contribution in [0.2, 0.25) is 4.34 Å². The highest BCUT2D eigenvalue weighted by atomic mass is 35.5. The van der Waals surface area contributed by atoms with E-state index < -0.39 is 0 Å². The Hall–Kier alpha value is -0.900. The Morgan fingerprint density at radius 1 is 1.31 bits per heavy atom. The second-order valence-corrected chi connectivity index (χ2v) is 5.35. The molecule has 1 unspecified atom stereocenters. The molecule has 2 aromatic heterocycles. The Balaban J connectivity index is 1.91. The number of aromatic nitrogens is 1. The van der Waals surface area contributed by atoms with Crippen molar-refractivity contribution >= 4 is 22.9 Å². The number of hydrogen-bond acceptors (Lipinski definition) is 3. The summed E-state index contributed by atoms with van der Waals surface area (Å²) in [6, 6.07) is 8.36. The van der Waals surface area contributed by atoms with E-state index in [1.807, 2.05) is 30.6 Å². The normalized spacial score (nSPS) is 12.6. The average molecular weight is 253 g/mol. The van der Waals surface area contributed by atoms with Gasteiger partial charge >= 0.3 is 0 Å². The van der Waals surface area contributed by atoms with Crippen molar-refractivity contribution in [3.05, 3.63) is 51.4 Å². The minimum absolute atomic E-state index is 0.325. The Bertz CT molecular complexity index is 441. The largest absolute Gasteiger partial charge is 0.305 e. The molecule has 0 saturated heterocycles. The summed E-state index contributed by atoms with van der Waals surface area (Å²) < 4.78 is 0.840. The maximum Gasteiger partial charge on any atom is 0.0931 e. The number of nitrogens with one attached hydrogen (secondary N) is 1. The molecule has 2 rings (SSSR count). The molecule has 1 N–H and O–H groups in total. The first-order valence-corrected chi connectivity index (χ1v) is 6.32. The number of hydrogen-bond donors (Lipinski definition) is 1. The lowest BCUT2D eigenvalue weighted by molar-refractivity contribution is 0.582. The molecule has 0 aliphatic heterocycles. The fraction of sp³-hybridized carbons (Fsp3) is 0.250. The monoisotopic (exact) mass is 252 g/mol. The van der Waals surface area contributed by atoms with Crippen molar-refractivity contribution in [1.82, 2.24) is 10.3 Å². The van der Waals surface area contributed by atoms with Crippen LogP contribution >= 0.6 is 22.9 Å². The van der Waals surface area contributed by atoms with Gasteiger partial charge in [0.05, 0.1) is 4.34 Å². The van der Waals surface area contributed by atoms with Gasteiger partial charge in [-0.1, -0.05) is 11.6 Å². The van der Waals surface area contributed by atoms with Gasteiger partial charge in [-0.15, -0.1) is 11.3 Å². The van der Waals surface area contributed by atoms with Gasteiger partial charge in [-0.25, -0.2) is 0 Å². The summed E-state index contributed by atoms with van der Waals surface area (Å²) in [6.07, 6.45) is 3.62. The molecule has 0 aliphatic rings. The van der Waals surface area contributed by atoms with Gasteiger partial charge in [0.25, 0.3) is 0 Å². The lowest BCUT2D eigenvalue weighted by atomic mass is 10.2. The van der Waals surface area contributed by atoms with Crippen LogP contribution in [0.4, 0.5) is 0 Å². The Labute approximate surface area is 104 Å². The smallest absolute Gasteiger partial charge is 0.0931 e. The molecule has 2 heterocycles. The molecule has 2 aromatic rings. The van der Waals surface area contributed by atoms with Gasteiger partial charge in [-0.05, 0) is 36.8 Å². The van der Waals surface area contributed by atoms with Crippen LogP contribution in [0.15, 0.2) is 36.7 Å². The van der Waals surface area contributed by atoms with Gasteiger partial charge in [-0.3, -0.25) is 4.98 Å². The maximum atomic E-state index is 5.90. The molecule has 16 heavy (non-hydrogen) atoms. The lowest BCUT2D eigenvalue weighted by Gasteiger charge is -2.11. The first-order chi connectivity index (χ1) is 7.75. The molecule has 0 fully saturated rings. The predicted molar refractivity (Wildman–Crippen MR) is 68.8 cm³/mol. The van der Waals surface area contributed by atoms with Crippen molar-refractivity contribution in [2.24, 2.45) is 0 Å². The van der Waals surface area contributed by atoms with Crippen LogP contribution in [0, 0.1) is 0 Å². The molecule has 0 radical (unpaired) electrons. The summed E-state index contributed by atoms with van der Waals surface area (Å²) in [5.74, 6) is 0.